The van der Waals surface area contributed by atoms with E-state index in [1.807, 2.05) is 24.4 Å². The molecule has 1 unspecified atom stereocenters. The molecule has 2 aliphatic rings. The van der Waals surface area contributed by atoms with Gasteiger partial charge in [-0.05, 0) is 24.1 Å². The Bertz CT molecular complexity index is 612. The van der Waals surface area contributed by atoms with Gasteiger partial charge in [-0.25, -0.2) is 4.98 Å². The van der Waals surface area contributed by atoms with Gasteiger partial charge in [0.15, 0.2) is 0 Å². The molecule has 0 radical (unpaired) electrons. The van der Waals surface area contributed by atoms with Crippen LogP contribution in [0.15, 0.2) is 36.5 Å². The van der Waals surface area contributed by atoms with Gasteiger partial charge in [0.2, 0.25) is 0 Å². The maximum absolute atomic E-state index is 5.66. The van der Waals surface area contributed by atoms with Crippen LogP contribution in [0.5, 0.6) is 0 Å². The number of hydrogen-bond donors (Lipinski definition) is 2. The van der Waals surface area contributed by atoms with Gasteiger partial charge in [-0.2, -0.15) is 0 Å². The number of benzene rings is 1. The molecule has 2 aromatic rings. The number of fused-ring (bicyclic) bond motifs is 2. The van der Waals surface area contributed by atoms with Crippen LogP contribution in [-0.2, 0) is 11.3 Å². The van der Waals surface area contributed by atoms with E-state index in [-0.39, 0.29) is 6.10 Å². The Hall–Kier alpha value is -2.07. The van der Waals surface area contributed by atoms with Crippen molar-refractivity contribution in [2.75, 3.05) is 17.3 Å². The quantitative estimate of drug-likeness (QED) is 0.802. The smallest absolute Gasteiger partial charge is 0.139 e. The second kappa shape index (κ2) is 3.71. The average molecular weight is 239 g/mol. The van der Waals surface area contributed by atoms with Crippen molar-refractivity contribution in [2.45, 2.75) is 12.5 Å². The first-order valence-electron chi connectivity index (χ1n) is 6.15. The normalized spacial score (nSPS) is 19.9. The lowest BCUT2D eigenvalue weighted by atomic mass is 10.0. The highest BCUT2D eigenvalue weighted by molar-refractivity contribution is 5.57. The van der Waals surface area contributed by atoms with Crippen LogP contribution in [0.3, 0.4) is 0 Å². The van der Waals surface area contributed by atoms with E-state index in [1.54, 1.807) is 0 Å². The molecule has 4 heteroatoms. The monoisotopic (exact) mass is 239 g/mol. The molecule has 0 aliphatic carbocycles. The van der Waals surface area contributed by atoms with Crippen LogP contribution in [0.1, 0.15) is 22.8 Å². The molecular weight excluding hydrogens is 226 g/mol. The molecule has 0 amide bonds. The second-order valence-electron chi connectivity index (χ2n) is 4.64. The fourth-order valence-corrected chi connectivity index (χ4v) is 2.59. The highest BCUT2D eigenvalue weighted by Crippen LogP contribution is 2.37. The van der Waals surface area contributed by atoms with Gasteiger partial charge in [-0.3, -0.25) is 10.3 Å². The molecule has 2 N–H and O–H groups in total. The highest BCUT2D eigenvalue weighted by Gasteiger charge is 2.26. The lowest BCUT2D eigenvalue weighted by Gasteiger charge is -2.10. The van der Waals surface area contributed by atoms with E-state index in [2.05, 4.69) is 27.9 Å². The van der Waals surface area contributed by atoms with Crippen LogP contribution in [0.4, 0.5) is 11.5 Å². The summed E-state index contributed by atoms with van der Waals surface area (Å²) in [5.41, 5.74) is 7.57. The summed E-state index contributed by atoms with van der Waals surface area (Å²) in [6, 6.07) is 10.3. The minimum atomic E-state index is -0.0559. The maximum Gasteiger partial charge on any atom is 0.139 e. The Balaban J connectivity index is 1.77. The van der Waals surface area contributed by atoms with Crippen LogP contribution >= 0.6 is 0 Å². The van der Waals surface area contributed by atoms with Crippen LogP contribution in [0.25, 0.3) is 0 Å². The second-order valence-corrected chi connectivity index (χ2v) is 4.64. The predicted molar refractivity (Wildman–Crippen MR) is 69.4 cm³/mol. The molecule has 1 aromatic carbocycles. The van der Waals surface area contributed by atoms with Gasteiger partial charge in [-0.1, -0.05) is 18.2 Å². The van der Waals surface area contributed by atoms with Crippen molar-refractivity contribution in [3.05, 3.63) is 53.2 Å². The van der Waals surface area contributed by atoms with Crippen molar-refractivity contribution >= 4 is 11.5 Å². The zero-order chi connectivity index (χ0) is 11.9. The zero-order valence-corrected chi connectivity index (χ0v) is 9.81. The minimum Gasteiger partial charge on any atom is -0.370 e. The summed E-state index contributed by atoms with van der Waals surface area (Å²) in [6.07, 6.45) is 2.88. The molecule has 0 bridgehead atoms. The summed E-state index contributed by atoms with van der Waals surface area (Å²) in [7, 11) is 0. The number of anilines is 2. The zero-order valence-electron chi connectivity index (χ0n) is 9.81. The topological polar surface area (TPSA) is 46.2 Å². The first-order chi connectivity index (χ1) is 8.92. The molecule has 1 atom stereocenters. The lowest BCUT2D eigenvalue weighted by molar-refractivity contribution is 0.154. The van der Waals surface area contributed by atoms with E-state index in [4.69, 9.17) is 4.84 Å². The van der Waals surface area contributed by atoms with Crippen molar-refractivity contribution in [2.24, 2.45) is 0 Å². The molecule has 0 fully saturated rings. The van der Waals surface area contributed by atoms with E-state index in [0.717, 1.165) is 30.0 Å². The molecule has 4 nitrogen and oxygen atoms in total. The van der Waals surface area contributed by atoms with Crippen LogP contribution in [0, 0.1) is 0 Å². The van der Waals surface area contributed by atoms with Crippen LogP contribution < -0.4 is 10.8 Å². The first kappa shape index (κ1) is 9.91. The van der Waals surface area contributed by atoms with Gasteiger partial charge in [0, 0.05) is 23.9 Å². The van der Waals surface area contributed by atoms with Crippen molar-refractivity contribution < 1.29 is 4.84 Å². The Labute approximate surface area is 105 Å². The molecule has 3 heterocycles. The summed E-state index contributed by atoms with van der Waals surface area (Å²) in [5, 5.41) is 3.27. The van der Waals surface area contributed by atoms with E-state index in [9.17, 15) is 0 Å². The third kappa shape index (κ3) is 1.39. The molecule has 0 spiro atoms. The minimum absolute atomic E-state index is 0.0559. The molecule has 18 heavy (non-hydrogen) atoms. The van der Waals surface area contributed by atoms with E-state index in [0.29, 0.717) is 0 Å². The molecule has 0 saturated heterocycles. The van der Waals surface area contributed by atoms with Gasteiger partial charge >= 0.3 is 0 Å². The number of nitrogens with one attached hydrogen (secondary N) is 2. The Morgan fingerprint density at radius 3 is 3.22 bits per heavy atom. The van der Waals surface area contributed by atoms with Crippen LogP contribution in [0.2, 0.25) is 0 Å². The number of rotatable bonds is 1. The average Bonchev–Trinajstić information content (AvgIpc) is 3.04. The molecular formula is C14H13N3O. The third-order valence-electron chi connectivity index (χ3n) is 3.51. The third-order valence-corrected chi connectivity index (χ3v) is 3.51. The molecule has 90 valence electrons. The SMILES string of the molecule is c1ccc2c(c1)NOC2c1cnc2c(c1)CCN2. The van der Waals surface area contributed by atoms with Crippen LogP contribution in [-0.4, -0.2) is 11.5 Å². The van der Waals surface area contributed by atoms with E-state index < -0.39 is 0 Å². The lowest BCUT2D eigenvalue weighted by Crippen LogP contribution is -2.02. The van der Waals surface area contributed by atoms with Gasteiger partial charge in [0.05, 0.1) is 5.69 Å². The standard InChI is InChI=1S/C14H13N3O/c1-2-4-12-11(3-1)13(18-17-12)10-7-9-5-6-15-14(9)16-8-10/h1-4,7-8,13,17H,5-6H2,(H,15,16). The van der Waals surface area contributed by atoms with Crippen molar-refractivity contribution in [3.8, 4) is 0 Å². The summed E-state index contributed by atoms with van der Waals surface area (Å²) >= 11 is 0. The summed E-state index contributed by atoms with van der Waals surface area (Å²) < 4.78 is 0. The molecule has 0 saturated carbocycles. The van der Waals surface area contributed by atoms with Gasteiger partial charge in [0.1, 0.15) is 11.9 Å². The molecule has 4 rings (SSSR count). The molecule has 2 aliphatic heterocycles. The number of para-hydroxylation sites is 1. The van der Waals surface area contributed by atoms with E-state index in [1.165, 1.54) is 11.1 Å². The molecule has 1 aromatic heterocycles. The van der Waals surface area contributed by atoms with Gasteiger partial charge < -0.3 is 5.32 Å². The Morgan fingerprint density at radius 2 is 2.22 bits per heavy atom. The van der Waals surface area contributed by atoms with Crippen molar-refractivity contribution in [3.63, 3.8) is 0 Å². The van der Waals surface area contributed by atoms with Crippen molar-refractivity contribution in [1.82, 2.24) is 4.98 Å². The Kier molecular flexibility index (Phi) is 2.04. The summed E-state index contributed by atoms with van der Waals surface area (Å²) in [6.45, 7) is 0.978. The number of aromatic nitrogens is 1. The van der Waals surface area contributed by atoms with E-state index >= 15 is 0 Å². The number of pyridine rings is 1. The highest BCUT2D eigenvalue weighted by atomic mass is 16.7. The fourth-order valence-electron chi connectivity index (χ4n) is 2.59. The first-order valence-corrected chi connectivity index (χ1v) is 6.15. The largest absolute Gasteiger partial charge is 0.370 e. The number of hydrogen-bond acceptors (Lipinski definition) is 4. The maximum atomic E-state index is 5.66. The van der Waals surface area contributed by atoms with Crippen molar-refractivity contribution in [1.29, 1.82) is 0 Å². The van der Waals surface area contributed by atoms with Gasteiger partial charge in [0.25, 0.3) is 0 Å². The Morgan fingerprint density at radius 1 is 1.28 bits per heavy atom. The summed E-state index contributed by atoms with van der Waals surface area (Å²) in [5.74, 6) is 1.01. The fraction of sp³-hybridized carbons (Fsp3) is 0.214. The number of nitrogens with zero attached hydrogens (tertiary/aromatic N) is 1. The predicted octanol–water partition coefficient (Wildman–Crippen LogP) is 2.50. The van der Waals surface area contributed by atoms with Gasteiger partial charge in [-0.15, -0.1) is 0 Å². The summed E-state index contributed by atoms with van der Waals surface area (Å²) in [4.78, 5) is 10.1.